The molecule has 0 aromatic heterocycles. The number of allylic oxidation sites excluding steroid dienone is 1. The molecule has 59 heavy (non-hydrogen) atoms. The Balaban J connectivity index is 1.25. The molecule has 2 aliphatic heterocycles. The van der Waals surface area contributed by atoms with Gasteiger partial charge in [-0.1, -0.05) is 134 Å². The van der Waals surface area contributed by atoms with Crippen molar-refractivity contribution in [3.8, 4) is 5.75 Å². The van der Waals surface area contributed by atoms with Gasteiger partial charge in [-0.3, -0.25) is 19.3 Å². The third kappa shape index (κ3) is 8.97. The van der Waals surface area contributed by atoms with Crippen LogP contribution in [0.3, 0.4) is 0 Å². The van der Waals surface area contributed by atoms with Crippen molar-refractivity contribution < 1.29 is 33.8 Å². The second kappa shape index (κ2) is 18.3. The molecule has 2 fully saturated rings. The van der Waals surface area contributed by atoms with Crippen molar-refractivity contribution in [2.24, 2.45) is 17.8 Å². The van der Waals surface area contributed by atoms with Crippen LogP contribution >= 0.6 is 15.9 Å². The summed E-state index contributed by atoms with van der Waals surface area (Å²) >= 11 is 3.56. The molecule has 0 radical (unpaired) electrons. The van der Waals surface area contributed by atoms with Gasteiger partial charge in [-0.15, -0.1) is 0 Å². The number of benzene rings is 4. The van der Waals surface area contributed by atoms with E-state index in [-0.39, 0.29) is 47.6 Å². The van der Waals surface area contributed by atoms with Crippen LogP contribution in [-0.2, 0) is 23.5 Å². The van der Waals surface area contributed by atoms with Gasteiger partial charge in [0.05, 0.1) is 31.2 Å². The summed E-state index contributed by atoms with van der Waals surface area (Å²) < 4.78 is 15.1. The lowest BCUT2D eigenvalue weighted by molar-refractivity contribution is -0.141. The Morgan fingerprint density at radius 3 is 2.14 bits per heavy atom. The number of carboxylic acids is 1. The molecule has 3 aliphatic rings. The number of fused-ring (bicyclic) bond motifs is 3. The first kappa shape index (κ1) is 42.5. The molecule has 4 atom stereocenters. The quantitative estimate of drug-likeness (QED) is 0.0380. The first-order valence-corrected chi connectivity index (χ1v) is 23.5. The van der Waals surface area contributed by atoms with Gasteiger partial charge in [0.1, 0.15) is 5.75 Å². The highest BCUT2D eigenvalue weighted by molar-refractivity contribution is 9.10. The van der Waals surface area contributed by atoms with Crippen LogP contribution in [0.5, 0.6) is 5.75 Å². The molecular formula is C49H54BrNO7Si. The van der Waals surface area contributed by atoms with Crippen LogP contribution < -0.4 is 10.4 Å². The number of carbonyl (C=O) groups is 3. The van der Waals surface area contributed by atoms with Crippen LogP contribution in [0.1, 0.15) is 76.8 Å². The molecule has 0 unspecified atom stereocenters. The second-order valence-electron chi connectivity index (χ2n) is 17.1. The highest BCUT2D eigenvalue weighted by Crippen LogP contribution is 2.51. The van der Waals surface area contributed by atoms with Crippen LogP contribution in [-0.4, -0.2) is 67.1 Å². The number of aromatic hydroxyl groups is 1. The number of unbranched alkanes of at least 4 members (excludes halogenated alkanes) is 2. The molecular weight excluding hydrogens is 823 g/mol. The van der Waals surface area contributed by atoms with Crippen molar-refractivity contribution in [1.82, 2.24) is 4.90 Å². The van der Waals surface area contributed by atoms with Gasteiger partial charge in [0.2, 0.25) is 11.8 Å². The van der Waals surface area contributed by atoms with E-state index in [0.29, 0.717) is 57.3 Å². The van der Waals surface area contributed by atoms with Crippen molar-refractivity contribution in [1.29, 1.82) is 0 Å². The van der Waals surface area contributed by atoms with Gasteiger partial charge in [-0.05, 0) is 94.1 Å². The number of imide groups is 1. The predicted molar refractivity (Wildman–Crippen MR) is 238 cm³/mol. The number of likely N-dealkylation sites (tertiary alicyclic amines) is 1. The molecule has 308 valence electrons. The molecule has 10 heteroatoms. The molecule has 2 amide bonds. The third-order valence-electron chi connectivity index (χ3n) is 12.4. The average molecular weight is 877 g/mol. The van der Waals surface area contributed by atoms with E-state index in [0.717, 1.165) is 26.8 Å². The minimum Gasteiger partial charge on any atom is -0.507 e. The van der Waals surface area contributed by atoms with Crippen molar-refractivity contribution >= 4 is 64.1 Å². The maximum absolute atomic E-state index is 14.3. The molecule has 2 saturated heterocycles. The van der Waals surface area contributed by atoms with Crippen LogP contribution in [0.25, 0.3) is 11.6 Å². The maximum atomic E-state index is 14.3. The number of nitrogens with zero attached hydrogens (tertiary/aromatic N) is 1. The number of aliphatic carboxylic acids is 1. The number of phenols is 1. The van der Waals surface area contributed by atoms with Crippen molar-refractivity contribution in [2.75, 3.05) is 19.8 Å². The zero-order chi connectivity index (χ0) is 41.7. The third-order valence-corrected chi connectivity index (χ3v) is 17.9. The molecule has 2 N–H and O–H groups in total. The number of hydrogen-bond acceptors (Lipinski definition) is 6. The Bertz CT molecular complexity index is 2160. The van der Waals surface area contributed by atoms with Crippen LogP contribution in [0.15, 0.2) is 125 Å². The first-order chi connectivity index (χ1) is 28.4. The number of rotatable bonds is 16. The highest BCUT2D eigenvalue weighted by Gasteiger charge is 2.57. The topological polar surface area (TPSA) is 113 Å². The molecule has 1 aliphatic carbocycles. The Morgan fingerprint density at radius 2 is 1.51 bits per heavy atom. The molecule has 4 aromatic rings. The summed E-state index contributed by atoms with van der Waals surface area (Å²) in [5, 5.41) is 22.0. The summed E-state index contributed by atoms with van der Waals surface area (Å²) in [7, 11) is -2.96. The molecule has 0 spiro atoms. The fourth-order valence-corrected chi connectivity index (χ4v) is 14.6. The van der Waals surface area contributed by atoms with Crippen molar-refractivity contribution in [3.05, 3.63) is 136 Å². The highest BCUT2D eigenvalue weighted by atomic mass is 79.9. The van der Waals surface area contributed by atoms with Crippen LogP contribution in [0.4, 0.5) is 0 Å². The molecule has 7 rings (SSSR count). The minimum absolute atomic E-state index is 0.0706. The molecule has 2 heterocycles. The number of carbonyl (C=O) groups excluding carboxylic acids is 2. The minimum atomic E-state index is -2.96. The Labute approximate surface area is 357 Å². The monoisotopic (exact) mass is 875 g/mol. The largest absolute Gasteiger partial charge is 0.507 e. The van der Waals surface area contributed by atoms with E-state index >= 15 is 0 Å². The lowest BCUT2D eigenvalue weighted by Crippen LogP contribution is -2.66. The number of ether oxygens (including phenoxy) is 1. The van der Waals surface area contributed by atoms with E-state index in [1.54, 1.807) is 6.07 Å². The molecule has 0 saturated carbocycles. The smallest absolute Gasteiger partial charge is 0.303 e. The standard InChI is InChI=1S/C49H54BrNO7Si/c1-49(2,3)59(38-18-10-5-11-19-38,39-20-12-6-13-21-39)58-31-36-30-40-46(48(56)51(47(40)55)27-15-7-14-22-44(53)54)41-32-57-43(45(36)41)26-23-34(33-16-8-4-9-17-33)28-35-29-37(50)24-25-42(35)52/h4-6,8-13,16-21,24-25,28-29,40-41,43,46,52H,7,14-15,22-23,26-27,30-32H2,1-3H3,(H,53,54)/b34-28-/t40-,41+,43-,46-/m1/s1. The van der Waals surface area contributed by atoms with E-state index < -0.39 is 26.1 Å². The summed E-state index contributed by atoms with van der Waals surface area (Å²) in [5.41, 5.74) is 4.94. The fraction of sp³-hybridized carbons (Fsp3) is 0.367. The lowest BCUT2D eigenvalue weighted by Gasteiger charge is -2.44. The number of hydrogen-bond donors (Lipinski definition) is 2. The number of amides is 2. The number of carboxylic acid groups (broad SMARTS) is 1. The summed E-state index contributed by atoms with van der Waals surface area (Å²) in [5.74, 6) is -2.22. The number of halogens is 1. The van der Waals surface area contributed by atoms with Gasteiger partial charge in [0, 0.05) is 28.9 Å². The summed E-state index contributed by atoms with van der Waals surface area (Å²) in [6.45, 7) is 7.71. The van der Waals surface area contributed by atoms with Gasteiger partial charge in [0.15, 0.2) is 0 Å². The van der Waals surface area contributed by atoms with E-state index in [1.165, 1.54) is 15.3 Å². The van der Waals surface area contributed by atoms with E-state index in [1.807, 2.05) is 48.5 Å². The maximum Gasteiger partial charge on any atom is 0.303 e. The van der Waals surface area contributed by atoms with E-state index in [2.05, 4.69) is 97.4 Å². The van der Waals surface area contributed by atoms with Crippen molar-refractivity contribution in [3.63, 3.8) is 0 Å². The van der Waals surface area contributed by atoms with Gasteiger partial charge in [-0.2, -0.15) is 0 Å². The lowest BCUT2D eigenvalue weighted by atomic mass is 9.69. The van der Waals surface area contributed by atoms with Crippen LogP contribution in [0.2, 0.25) is 5.04 Å². The fourth-order valence-electron chi connectivity index (χ4n) is 9.64. The Hall–Kier alpha value is -4.61. The van der Waals surface area contributed by atoms with E-state index in [9.17, 15) is 19.5 Å². The SMILES string of the molecule is CC(C)(C)[Si](OCC1=C2[C@@H](CC/C(=C/c3cc(Br)ccc3O)c3ccccc3)OC[C@@H]2[C@@H]2C(=O)N(CCCCCC(=O)O)C(=O)[C@@H]2C1)(c1ccccc1)c1ccccc1. The summed E-state index contributed by atoms with van der Waals surface area (Å²) in [6.07, 6.45) is 5.21. The molecule has 0 bridgehead atoms. The van der Waals surface area contributed by atoms with Crippen LogP contribution in [0, 0.1) is 17.8 Å². The second-order valence-corrected chi connectivity index (χ2v) is 22.3. The normalized spacial score (nSPS) is 20.9. The van der Waals surface area contributed by atoms with E-state index in [4.69, 9.17) is 14.3 Å². The zero-order valence-electron chi connectivity index (χ0n) is 34.1. The van der Waals surface area contributed by atoms with Gasteiger partial charge in [0.25, 0.3) is 8.32 Å². The Kier molecular flexibility index (Phi) is 13.2. The van der Waals surface area contributed by atoms with Crippen molar-refractivity contribution in [2.45, 2.75) is 76.9 Å². The number of phenolic OH excluding ortho intramolecular Hbond substituents is 1. The van der Waals surface area contributed by atoms with Gasteiger partial charge in [-0.25, -0.2) is 0 Å². The average Bonchev–Trinajstić information content (AvgIpc) is 3.75. The summed E-state index contributed by atoms with van der Waals surface area (Å²) in [4.78, 5) is 41.0. The molecule has 4 aromatic carbocycles. The first-order valence-electron chi connectivity index (χ1n) is 20.8. The molecule has 8 nitrogen and oxygen atoms in total. The predicted octanol–water partition coefficient (Wildman–Crippen LogP) is 9.01. The Morgan fingerprint density at radius 1 is 0.864 bits per heavy atom. The van der Waals surface area contributed by atoms with Gasteiger partial charge < -0.3 is 19.4 Å². The zero-order valence-corrected chi connectivity index (χ0v) is 36.7. The summed E-state index contributed by atoms with van der Waals surface area (Å²) in [6, 6.07) is 36.6. The van der Waals surface area contributed by atoms with Gasteiger partial charge >= 0.3 is 5.97 Å².